The van der Waals surface area contributed by atoms with Crippen LogP contribution in [-0.4, -0.2) is 23.3 Å². The minimum Gasteiger partial charge on any atom is -0.355 e. The van der Waals surface area contributed by atoms with Gasteiger partial charge in [-0.25, -0.2) is 9.37 Å². The summed E-state index contributed by atoms with van der Waals surface area (Å²) in [6.07, 6.45) is 0.163. The second-order valence-corrected chi connectivity index (χ2v) is 7.21. The van der Waals surface area contributed by atoms with Crippen molar-refractivity contribution >= 4 is 28.3 Å². The van der Waals surface area contributed by atoms with Gasteiger partial charge in [-0.2, -0.15) is 0 Å². The first-order valence-electron chi connectivity index (χ1n) is 7.55. The SMILES string of the molecule is CC(C)(C)C(=O)NCCC(=O)Nc1nc(-c2cccc(F)c2)cs1. The van der Waals surface area contributed by atoms with E-state index in [0.29, 0.717) is 16.4 Å². The summed E-state index contributed by atoms with van der Waals surface area (Å²) in [4.78, 5) is 27.9. The van der Waals surface area contributed by atoms with Crippen molar-refractivity contribution in [2.24, 2.45) is 5.41 Å². The minimum absolute atomic E-state index is 0.0991. The van der Waals surface area contributed by atoms with E-state index >= 15 is 0 Å². The smallest absolute Gasteiger partial charge is 0.227 e. The van der Waals surface area contributed by atoms with E-state index in [9.17, 15) is 14.0 Å². The van der Waals surface area contributed by atoms with E-state index in [0.717, 1.165) is 0 Å². The number of hydrogen-bond donors (Lipinski definition) is 2. The summed E-state index contributed by atoms with van der Waals surface area (Å²) < 4.78 is 13.2. The molecule has 0 spiro atoms. The van der Waals surface area contributed by atoms with Gasteiger partial charge in [0.1, 0.15) is 5.82 Å². The molecule has 2 rings (SSSR count). The number of rotatable bonds is 5. The van der Waals surface area contributed by atoms with Gasteiger partial charge in [0.15, 0.2) is 5.13 Å². The molecule has 0 aliphatic rings. The van der Waals surface area contributed by atoms with Gasteiger partial charge in [0, 0.05) is 29.3 Å². The molecule has 7 heteroatoms. The van der Waals surface area contributed by atoms with Crippen LogP contribution in [0.25, 0.3) is 11.3 Å². The molecule has 1 heterocycles. The highest BCUT2D eigenvalue weighted by Gasteiger charge is 2.20. The third-order valence-corrected chi connectivity index (χ3v) is 3.95. The van der Waals surface area contributed by atoms with Crippen molar-refractivity contribution < 1.29 is 14.0 Å². The van der Waals surface area contributed by atoms with E-state index in [1.54, 1.807) is 17.5 Å². The van der Waals surface area contributed by atoms with Gasteiger partial charge in [0.05, 0.1) is 5.69 Å². The van der Waals surface area contributed by atoms with Gasteiger partial charge in [0.2, 0.25) is 11.8 Å². The molecule has 0 unspecified atom stereocenters. The number of amides is 2. The number of carbonyl (C=O) groups excluding carboxylic acids is 2. The molecule has 24 heavy (non-hydrogen) atoms. The predicted octanol–water partition coefficient (Wildman–Crippen LogP) is 3.44. The van der Waals surface area contributed by atoms with E-state index < -0.39 is 5.41 Å². The fourth-order valence-electron chi connectivity index (χ4n) is 1.85. The largest absolute Gasteiger partial charge is 0.355 e. The van der Waals surface area contributed by atoms with Gasteiger partial charge >= 0.3 is 0 Å². The lowest BCUT2D eigenvalue weighted by atomic mass is 9.96. The van der Waals surface area contributed by atoms with Gasteiger partial charge in [-0.1, -0.05) is 32.9 Å². The predicted molar refractivity (Wildman–Crippen MR) is 93.2 cm³/mol. The van der Waals surface area contributed by atoms with E-state index in [1.165, 1.54) is 23.5 Å². The van der Waals surface area contributed by atoms with Crippen LogP contribution in [0.4, 0.5) is 9.52 Å². The second-order valence-electron chi connectivity index (χ2n) is 6.35. The van der Waals surface area contributed by atoms with Gasteiger partial charge in [-0.3, -0.25) is 9.59 Å². The Morgan fingerprint density at radius 1 is 1.29 bits per heavy atom. The lowest BCUT2D eigenvalue weighted by Crippen LogP contribution is -2.36. The Bertz CT molecular complexity index is 737. The Morgan fingerprint density at radius 3 is 2.71 bits per heavy atom. The minimum atomic E-state index is -0.481. The second kappa shape index (κ2) is 7.53. The molecule has 2 N–H and O–H groups in total. The molecule has 0 atom stereocenters. The number of nitrogens with one attached hydrogen (secondary N) is 2. The van der Waals surface area contributed by atoms with Gasteiger partial charge in [-0.15, -0.1) is 11.3 Å². The zero-order valence-electron chi connectivity index (χ0n) is 13.9. The summed E-state index contributed by atoms with van der Waals surface area (Å²) in [5.74, 6) is -0.664. The molecule has 0 radical (unpaired) electrons. The topological polar surface area (TPSA) is 71.1 Å². The van der Waals surface area contributed by atoms with Crippen LogP contribution in [0.5, 0.6) is 0 Å². The summed E-state index contributed by atoms with van der Waals surface area (Å²) in [5, 5.41) is 7.60. The molecule has 0 saturated carbocycles. The van der Waals surface area contributed by atoms with Crippen molar-refractivity contribution in [1.82, 2.24) is 10.3 Å². The normalized spacial score (nSPS) is 11.2. The highest BCUT2D eigenvalue weighted by atomic mass is 32.1. The van der Waals surface area contributed by atoms with Crippen molar-refractivity contribution in [3.05, 3.63) is 35.5 Å². The highest BCUT2D eigenvalue weighted by molar-refractivity contribution is 7.14. The molecule has 2 aromatic rings. The summed E-state index contributed by atoms with van der Waals surface area (Å²) in [6.45, 7) is 5.70. The molecule has 0 saturated heterocycles. The number of halogens is 1. The monoisotopic (exact) mass is 349 g/mol. The van der Waals surface area contributed by atoms with E-state index in [2.05, 4.69) is 15.6 Å². The molecule has 0 aliphatic heterocycles. The Morgan fingerprint density at radius 2 is 2.04 bits per heavy atom. The van der Waals surface area contributed by atoms with Crippen molar-refractivity contribution in [2.45, 2.75) is 27.2 Å². The molecule has 0 bridgehead atoms. The van der Waals surface area contributed by atoms with Crippen LogP contribution >= 0.6 is 11.3 Å². The number of benzene rings is 1. The molecule has 2 amide bonds. The van der Waals surface area contributed by atoms with Crippen LogP contribution in [-0.2, 0) is 9.59 Å². The number of aromatic nitrogens is 1. The first kappa shape index (κ1) is 18.1. The molecule has 1 aromatic heterocycles. The maximum Gasteiger partial charge on any atom is 0.227 e. The summed E-state index contributed by atoms with van der Waals surface area (Å²) in [5.41, 5.74) is 0.783. The Hall–Kier alpha value is -2.28. The zero-order valence-corrected chi connectivity index (χ0v) is 14.7. The fourth-order valence-corrected chi connectivity index (χ4v) is 2.58. The molecular weight excluding hydrogens is 329 g/mol. The fraction of sp³-hybridized carbons (Fsp3) is 0.353. The molecule has 1 aromatic carbocycles. The summed E-state index contributed by atoms with van der Waals surface area (Å²) in [6, 6.07) is 6.12. The average molecular weight is 349 g/mol. The quantitative estimate of drug-likeness (QED) is 0.869. The van der Waals surface area contributed by atoms with Crippen LogP contribution in [0.3, 0.4) is 0 Å². The molecule has 0 fully saturated rings. The molecule has 5 nitrogen and oxygen atoms in total. The van der Waals surface area contributed by atoms with Crippen LogP contribution in [0.15, 0.2) is 29.6 Å². The van der Waals surface area contributed by atoms with Gasteiger partial charge in [-0.05, 0) is 12.1 Å². The van der Waals surface area contributed by atoms with Gasteiger partial charge < -0.3 is 10.6 Å². The van der Waals surface area contributed by atoms with Crippen LogP contribution < -0.4 is 10.6 Å². The number of thiazole rings is 1. The van der Waals surface area contributed by atoms with Crippen LogP contribution in [0, 0.1) is 11.2 Å². The lowest BCUT2D eigenvalue weighted by Gasteiger charge is -2.17. The maximum absolute atomic E-state index is 13.2. The maximum atomic E-state index is 13.2. The first-order valence-corrected chi connectivity index (χ1v) is 8.43. The van der Waals surface area contributed by atoms with Crippen LogP contribution in [0.2, 0.25) is 0 Å². The third-order valence-electron chi connectivity index (χ3n) is 3.19. The number of carbonyl (C=O) groups is 2. The number of nitrogens with zero attached hydrogens (tertiary/aromatic N) is 1. The standard InChI is InChI=1S/C17H20FN3O2S/c1-17(2,3)15(23)19-8-7-14(22)21-16-20-13(10-24-16)11-5-4-6-12(18)9-11/h4-6,9-10H,7-8H2,1-3H3,(H,19,23)(H,20,21,22). The van der Waals surface area contributed by atoms with E-state index in [4.69, 9.17) is 0 Å². The van der Waals surface area contributed by atoms with Crippen LogP contribution in [0.1, 0.15) is 27.2 Å². The van der Waals surface area contributed by atoms with Crippen molar-refractivity contribution in [3.8, 4) is 11.3 Å². The summed E-state index contributed by atoms with van der Waals surface area (Å²) >= 11 is 1.27. The molecule has 0 aliphatic carbocycles. The van der Waals surface area contributed by atoms with Crippen molar-refractivity contribution in [2.75, 3.05) is 11.9 Å². The number of anilines is 1. The van der Waals surface area contributed by atoms with Gasteiger partial charge in [0.25, 0.3) is 0 Å². The Kier molecular flexibility index (Phi) is 5.66. The average Bonchev–Trinajstić information content (AvgIpc) is 2.94. The number of hydrogen-bond acceptors (Lipinski definition) is 4. The van der Waals surface area contributed by atoms with E-state index in [-0.39, 0.29) is 30.6 Å². The first-order chi connectivity index (χ1) is 11.3. The third kappa shape index (κ3) is 5.13. The molecular formula is C17H20FN3O2S. The van der Waals surface area contributed by atoms with Crippen molar-refractivity contribution in [1.29, 1.82) is 0 Å². The molecule has 128 valence electrons. The Labute approximate surface area is 144 Å². The van der Waals surface area contributed by atoms with E-state index in [1.807, 2.05) is 20.8 Å². The lowest BCUT2D eigenvalue weighted by molar-refractivity contribution is -0.128. The highest BCUT2D eigenvalue weighted by Crippen LogP contribution is 2.25. The van der Waals surface area contributed by atoms with Crippen molar-refractivity contribution in [3.63, 3.8) is 0 Å². The Balaban J connectivity index is 1.86. The zero-order chi connectivity index (χ0) is 17.7. The summed E-state index contributed by atoms with van der Waals surface area (Å²) in [7, 11) is 0.